The third-order valence-electron chi connectivity index (χ3n) is 3.18. The summed E-state index contributed by atoms with van der Waals surface area (Å²) < 4.78 is 0. The molecule has 1 saturated heterocycles. The Morgan fingerprint density at radius 1 is 1.21 bits per heavy atom. The topological polar surface area (TPSA) is 68.9 Å². The second kappa shape index (κ2) is 5.71. The fourth-order valence-electron chi connectivity index (χ4n) is 2.21. The third-order valence-corrected chi connectivity index (χ3v) is 3.18. The molecule has 0 aliphatic carbocycles. The van der Waals surface area contributed by atoms with Crippen LogP contribution in [0, 0.1) is 0 Å². The van der Waals surface area contributed by atoms with Crippen LogP contribution in [0.1, 0.15) is 6.42 Å². The largest absolute Gasteiger partial charge is 0.355 e. The molecule has 3 heterocycles. The second-order valence-electron chi connectivity index (χ2n) is 4.56. The van der Waals surface area contributed by atoms with Gasteiger partial charge in [0.15, 0.2) is 0 Å². The van der Waals surface area contributed by atoms with Crippen molar-refractivity contribution in [2.45, 2.75) is 6.42 Å². The first kappa shape index (κ1) is 12.0. The quantitative estimate of drug-likeness (QED) is 0.775. The van der Waals surface area contributed by atoms with Crippen LogP contribution < -0.4 is 15.5 Å². The summed E-state index contributed by atoms with van der Waals surface area (Å²) in [5.74, 6) is 2.72. The number of H-pyrrole nitrogens is 1. The van der Waals surface area contributed by atoms with Crippen LogP contribution in [0.2, 0.25) is 0 Å². The van der Waals surface area contributed by atoms with Crippen LogP contribution in [-0.2, 0) is 0 Å². The Labute approximate surface area is 112 Å². The fraction of sp³-hybridized carbons (Fsp3) is 0.385. The molecule has 1 fully saturated rings. The normalized spacial score (nSPS) is 16.1. The number of aromatic nitrogens is 3. The van der Waals surface area contributed by atoms with Gasteiger partial charge < -0.3 is 20.5 Å². The van der Waals surface area contributed by atoms with Gasteiger partial charge in [0.05, 0.1) is 0 Å². The molecule has 0 spiro atoms. The molecule has 0 unspecified atom stereocenters. The lowest BCUT2D eigenvalue weighted by atomic mass is 10.4. The van der Waals surface area contributed by atoms with Crippen molar-refractivity contribution in [1.82, 2.24) is 20.3 Å². The van der Waals surface area contributed by atoms with Gasteiger partial charge in [0.2, 0.25) is 0 Å². The number of nitrogens with zero attached hydrogens (tertiary/aromatic N) is 3. The minimum Gasteiger partial charge on any atom is -0.355 e. The van der Waals surface area contributed by atoms with Gasteiger partial charge in [0, 0.05) is 31.9 Å². The van der Waals surface area contributed by atoms with Gasteiger partial charge in [0.25, 0.3) is 0 Å². The van der Waals surface area contributed by atoms with Gasteiger partial charge in [-0.2, -0.15) is 0 Å². The van der Waals surface area contributed by atoms with Crippen molar-refractivity contribution < 1.29 is 0 Å². The fourth-order valence-corrected chi connectivity index (χ4v) is 2.21. The zero-order valence-corrected chi connectivity index (χ0v) is 10.8. The van der Waals surface area contributed by atoms with E-state index in [4.69, 9.17) is 0 Å². The van der Waals surface area contributed by atoms with Crippen LogP contribution in [0.4, 0.5) is 17.5 Å². The van der Waals surface area contributed by atoms with Crippen LogP contribution in [-0.4, -0.2) is 41.1 Å². The van der Waals surface area contributed by atoms with E-state index in [0.29, 0.717) is 0 Å². The molecule has 0 bridgehead atoms. The summed E-state index contributed by atoms with van der Waals surface area (Å²) in [5, 5.41) is 6.62. The highest BCUT2D eigenvalue weighted by Gasteiger charge is 2.11. The van der Waals surface area contributed by atoms with Gasteiger partial charge in [-0.25, -0.2) is 9.97 Å². The summed E-state index contributed by atoms with van der Waals surface area (Å²) in [6, 6.07) is 5.91. The first-order chi connectivity index (χ1) is 9.42. The van der Waals surface area contributed by atoms with Crippen molar-refractivity contribution in [2.24, 2.45) is 0 Å². The highest BCUT2D eigenvalue weighted by atomic mass is 15.2. The van der Waals surface area contributed by atoms with Gasteiger partial charge >= 0.3 is 0 Å². The Morgan fingerprint density at radius 3 is 3.11 bits per heavy atom. The molecule has 6 heteroatoms. The standard InChI is InChI=1S/C13H18N6/c1-3-11(15-5-1)18-12-9-13(17-10-16-12)19-7-2-4-14-6-8-19/h1,3,5,9-10,14-15H,2,4,6-8H2,(H,16,17,18). The average molecular weight is 258 g/mol. The van der Waals surface area contributed by atoms with Gasteiger partial charge in [0.1, 0.15) is 23.8 Å². The molecule has 1 aliphatic heterocycles. The van der Waals surface area contributed by atoms with Crippen molar-refractivity contribution in [1.29, 1.82) is 0 Å². The number of anilines is 3. The van der Waals surface area contributed by atoms with Crippen LogP contribution in [0.5, 0.6) is 0 Å². The van der Waals surface area contributed by atoms with Gasteiger partial charge in [-0.1, -0.05) is 0 Å². The van der Waals surface area contributed by atoms with E-state index < -0.39 is 0 Å². The first-order valence-electron chi connectivity index (χ1n) is 6.60. The van der Waals surface area contributed by atoms with Crippen LogP contribution in [0.3, 0.4) is 0 Å². The number of hydrogen-bond donors (Lipinski definition) is 3. The smallest absolute Gasteiger partial charge is 0.136 e. The highest BCUT2D eigenvalue weighted by Crippen LogP contribution is 2.17. The summed E-state index contributed by atoms with van der Waals surface area (Å²) in [6.07, 6.45) is 4.63. The Bertz CT molecular complexity index is 502. The van der Waals surface area contributed by atoms with Crippen LogP contribution in [0.15, 0.2) is 30.7 Å². The molecule has 100 valence electrons. The Hall–Kier alpha value is -2.08. The van der Waals surface area contributed by atoms with E-state index in [0.717, 1.165) is 50.1 Å². The number of hydrogen-bond acceptors (Lipinski definition) is 5. The lowest BCUT2D eigenvalue weighted by molar-refractivity contribution is 0.724. The third kappa shape index (κ3) is 3.03. The highest BCUT2D eigenvalue weighted by molar-refractivity contribution is 5.56. The van der Waals surface area contributed by atoms with E-state index in [2.05, 4.69) is 30.5 Å². The maximum Gasteiger partial charge on any atom is 0.136 e. The molecular weight excluding hydrogens is 240 g/mol. The van der Waals surface area contributed by atoms with E-state index in [1.54, 1.807) is 6.33 Å². The minimum atomic E-state index is 0.810. The molecule has 0 amide bonds. The summed E-state index contributed by atoms with van der Waals surface area (Å²) in [5.41, 5.74) is 0. The Balaban J connectivity index is 1.75. The number of nitrogens with one attached hydrogen (secondary N) is 3. The molecule has 2 aromatic rings. The summed E-state index contributed by atoms with van der Waals surface area (Å²) >= 11 is 0. The summed E-state index contributed by atoms with van der Waals surface area (Å²) in [7, 11) is 0. The zero-order valence-electron chi connectivity index (χ0n) is 10.8. The molecule has 0 atom stereocenters. The Kier molecular flexibility index (Phi) is 3.60. The first-order valence-corrected chi connectivity index (χ1v) is 6.60. The van der Waals surface area contributed by atoms with Gasteiger partial charge in [-0.3, -0.25) is 0 Å². The summed E-state index contributed by atoms with van der Waals surface area (Å²) in [6.45, 7) is 4.10. The monoisotopic (exact) mass is 258 g/mol. The molecule has 19 heavy (non-hydrogen) atoms. The van der Waals surface area contributed by atoms with Crippen molar-refractivity contribution in [3.8, 4) is 0 Å². The van der Waals surface area contributed by atoms with Crippen molar-refractivity contribution >= 4 is 17.5 Å². The van der Waals surface area contributed by atoms with E-state index in [1.807, 2.05) is 24.4 Å². The lowest BCUT2D eigenvalue weighted by Gasteiger charge is -2.21. The molecule has 2 aromatic heterocycles. The zero-order chi connectivity index (χ0) is 12.9. The van der Waals surface area contributed by atoms with Gasteiger partial charge in [-0.05, 0) is 25.1 Å². The molecule has 0 radical (unpaired) electrons. The van der Waals surface area contributed by atoms with E-state index in [9.17, 15) is 0 Å². The van der Waals surface area contributed by atoms with E-state index >= 15 is 0 Å². The molecule has 0 saturated carbocycles. The number of rotatable bonds is 3. The van der Waals surface area contributed by atoms with Crippen molar-refractivity contribution in [2.75, 3.05) is 36.4 Å². The lowest BCUT2D eigenvalue weighted by Crippen LogP contribution is -2.28. The average Bonchev–Trinajstić information content (AvgIpc) is 2.79. The number of aromatic amines is 1. The maximum atomic E-state index is 4.37. The SMILES string of the molecule is c1c[nH]c(Nc2cc(N3CCCNCC3)ncn2)c1. The Morgan fingerprint density at radius 2 is 2.21 bits per heavy atom. The van der Waals surface area contributed by atoms with Gasteiger partial charge in [-0.15, -0.1) is 0 Å². The molecule has 6 nitrogen and oxygen atoms in total. The molecule has 1 aliphatic rings. The minimum absolute atomic E-state index is 0.810. The predicted octanol–water partition coefficient (Wildman–Crippen LogP) is 1.35. The molecule has 3 N–H and O–H groups in total. The van der Waals surface area contributed by atoms with E-state index in [1.165, 1.54) is 0 Å². The maximum absolute atomic E-state index is 4.37. The van der Waals surface area contributed by atoms with Crippen molar-refractivity contribution in [3.05, 3.63) is 30.7 Å². The van der Waals surface area contributed by atoms with E-state index in [-0.39, 0.29) is 0 Å². The molecule has 3 rings (SSSR count). The predicted molar refractivity (Wildman–Crippen MR) is 75.8 cm³/mol. The second-order valence-corrected chi connectivity index (χ2v) is 4.56. The summed E-state index contributed by atoms with van der Waals surface area (Å²) in [4.78, 5) is 14.0. The molecule has 0 aromatic carbocycles. The molecular formula is C13H18N6. The van der Waals surface area contributed by atoms with Crippen LogP contribution >= 0.6 is 0 Å². The van der Waals surface area contributed by atoms with Crippen molar-refractivity contribution in [3.63, 3.8) is 0 Å². The van der Waals surface area contributed by atoms with Crippen LogP contribution in [0.25, 0.3) is 0 Å².